The van der Waals surface area contributed by atoms with Crippen molar-refractivity contribution in [3.63, 3.8) is 0 Å². The van der Waals surface area contributed by atoms with Crippen LogP contribution in [-0.2, 0) is 0 Å². The zero-order valence-corrected chi connectivity index (χ0v) is 9.36. The molecule has 0 atom stereocenters. The van der Waals surface area contributed by atoms with Crippen LogP contribution in [0.25, 0.3) is 0 Å². The molecule has 0 bridgehead atoms. The van der Waals surface area contributed by atoms with Crippen LogP contribution in [0.1, 0.15) is 0 Å². The van der Waals surface area contributed by atoms with Crippen molar-refractivity contribution in [1.29, 1.82) is 0 Å². The standard InChI is InChI=1S/C4H12N.3ClF.FH/c1-5(2,3)4;3*1-2;/h1-4H3;;;;1H/q+1;;;;/p-1. The SMILES string of the molecule is C[N+](C)(C)C.FCl.FCl.FCl.[F-]. The minimum absolute atomic E-state index is 0. The highest BCUT2D eigenvalue weighted by Gasteiger charge is 1.88. The van der Waals surface area contributed by atoms with Gasteiger partial charge in [-0.15, -0.1) is 11.9 Å². The average Bonchev–Trinajstić information content (AvgIpc) is 1.96. The third-order valence-electron chi connectivity index (χ3n) is 0. The van der Waals surface area contributed by atoms with Gasteiger partial charge in [0, 0.05) is 0 Å². The van der Waals surface area contributed by atoms with Crippen molar-refractivity contribution in [3.05, 3.63) is 0 Å². The van der Waals surface area contributed by atoms with Crippen molar-refractivity contribution in [2.75, 3.05) is 28.2 Å². The van der Waals surface area contributed by atoms with Crippen molar-refractivity contribution in [3.8, 4) is 0 Å². The highest BCUT2D eigenvalue weighted by Crippen LogP contribution is 1.73. The van der Waals surface area contributed by atoms with Gasteiger partial charge in [0.2, 0.25) is 0 Å². The van der Waals surface area contributed by atoms with Crippen molar-refractivity contribution in [1.82, 2.24) is 0 Å². The highest BCUT2D eigenvalue weighted by atomic mass is 35.5. The van der Waals surface area contributed by atoms with E-state index in [-0.39, 0.29) is 4.70 Å². The molecule has 0 N–H and O–H groups in total. The molecule has 0 aromatic carbocycles. The summed E-state index contributed by atoms with van der Waals surface area (Å²) in [4.78, 5) is 0. The summed E-state index contributed by atoms with van der Waals surface area (Å²) in [7, 11) is 8.50. The van der Waals surface area contributed by atoms with Crippen LogP contribution in [0, 0.1) is 0 Å². The number of quaternary nitrogens is 1. The van der Waals surface area contributed by atoms with Crippen molar-refractivity contribution < 1.29 is 21.1 Å². The lowest BCUT2D eigenvalue weighted by atomic mass is 10.8. The molecule has 1 nitrogen and oxygen atoms in total. The summed E-state index contributed by atoms with van der Waals surface area (Å²) in [6.45, 7) is 0. The normalized spacial score (nSPS) is 6.50. The molecule has 0 unspecified atom stereocenters. The summed E-state index contributed by atoms with van der Waals surface area (Å²) in [6, 6.07) is 0. The lowest BCUT2D eigenvalue weighted by Crippen LogP contribution is -3.00. The van der Waals surface area contributed by atoms with Crippen LogP contribution in [0.15, 0.2) is 0 Å². The number of rotatable bonds is 0. The molecule has 0 aliphatic carbocycles. The Morgan fingerprint density at radius 2 is 0.667 bits per heavy atom. The highest BCUT2D eigenvalue weighted by molar-refractivity contribution is 6.06. The first kappa shape index (κ1) is 29.4. The summed E-state index contributed by atoms with van der Waals surface area (Å²) < 4.78 is 27.9. The molecule has 0 saturated carbocycles. The minimum Gasteiger partial charge on any atom is -1.00 e. The predicted octanol–water partition coefficient (Wildman–Crippen LogP) is 0.656. The van der Waals surface area contributed by atoms with Crippen LogP contribution < -0.4 is 4.70 Å². The summed E-state index contributed by atoms with van der Waals surface area (Å²) >= 11 is 9.42. The van der Waals surface area contributed by atoms with E-state index in [0.717, 1.165) is 4.48 Å². The van der Waals surface area contributed by atoms with Gasteiger partial charge in [-0.3, -0.25) is 0 Å². The van der Waals surface area contributed by atoms with Crippen LogP contribution in [0.2, 0.25) is 0 Å². The molecule has 0 aromatic rings. The van der Waals surface area contributed by atoms with Gasteiger partial charge in [-0.2, -0.15) is 0 Å². The van der Waals surface area contributed by atoms with Gasteiger partial charge in [0.25, 0.3) is 0 Å². The second kappa shape index (κ2) is 30.0. The van der Waals surface area contributed by atoms with E-state index >= 15 is 0 Å². The van der Waals surface area contributed by atoms with Crippen molar-refractivity contribution >= 4 is 35.9 Å². The fraction of sp³-hybridized carbons (Fsp3) is 1.00. The zero-order chi connectivity index (χ0) is 10.5. The Bertz CT molecular complexity index is 37.8. The molecule has 0 heterocycles. The van der Waals surface area contributed by atoms with E-state index in [1.54, 1.807) is 0 Å². The average molecular weight is 256 g/mol. The van der Waals surface area contributed by atoms with Crippen LogP contribution in [0.5, 0.6) is 0 Å². The minimum atomic E-state index is 0. The molecule has 82 valence electrons. The molecule has 0 fully saturated rings. The quantitative estimate of drug-likeness (QED) is 0.441. The second-order valence-corrected chi connectivity index (χ2v) is 2.68. The van der Waals surface area contributed by atoms with Crippen LogP contribution in [0.4, 0.5) is 11.9 Å². The van der Waals surface area contributed by atoms with Gasteiger partial charge in [0.05, 0.1) is 28.2 Å². The maximum Gasteiger partial charge on any atom is 0.116 e. The molecule has 0 radical (unpaired) electrons. The summed E-state index contributed by atoms with van der Waals surface area (Å²) in [5.41, 5.74) is 0. The molecule has 0 aliphatic rings. The van der Waals surface area contributed by atoms with Crippen LogP contribution >= 0.6 is 35.9 Å². The van der Waals surface area contributed by atoms with E-state index in [1.165, 1.54) is 0 Å². The molecular formula is C4H12Cl3F4N. The third-order valence-corrected chi connectivity index (χ3v) is 0. The molecular weight excluding hydrogens is 244 g/mol. The molecule has 0 aliphatic heterocycles. The Hall–Kier alpha value is 0.550. The Morgan fingerprint density at radius 1 is 0.667 bits per heavy atom. The zero-order valence-electron chi connectivity index (χ0n) is 7.09. The van der Waals surface area contributed by atoms with Gasteiger partial charge in [0.15, 0.2) is 0 Å². The lowest BCUT2D eigenvalue weighted by molar-refractivity contribution is -0.849. The van der Waals surface area contributed by atoms with E-state index in [9.17, 15) is 0 Å². The molecule has 0 aromatic heterocycles. The number of hydrogen-bond acceptors (Lipinski definition) is 0. The van der Waals surface area contributed by atoms with E-state index in [0.29, 0.717) is 0 Å². The van der Waals surface area contributed by atoms with E-state index < -0.39 is 0 Å². The maximum absolute atomic E-state index is 8.97. The van der Waals surface area contributed by atoms with Crippen molar-refractivity contribution in [2.45, 2.75) is 0 Å². The number of nitrogens with zero attached hydrogens (tertiary/aromatic N) is 1. The van der Waals surface area contributed by atoms with Gasteiger partial charge < -0.3 is 9.19 Å². The van der Waals surface area contributed by atoms with Gasteiger partial charge in [-0.25, -0.2) is 0 Å². The third kappa shape index (κ3) is 3180. The maximum atomic E-state index is 8.97. The Kier molecular flexibility index (Phi) is 73.3. The van der Waals surface area contributed by atoms with E-state index in [4.69, 9.17) is 11.9 Å². The van der Waals surface area contributed by atoms with Gasteiger partial charge in [-0.05, 0) is 0 Å². The van der Waals surface area contributed by atoms with Gasteiger partial charge in [0.1, 0.15) is 35.9 Å². The first-order valence-corrected chi connectivity index (χ1v) is 3.07. The summed E-state index contributed by atoms with van der Waals surface area (Å²) in [6.07, 6.45) is 0. The summed E-state index contributed by atoms with van der Waals surface area (Å²) in [5, 5.41) is 0. The number of halogens is 7. The molecule has 0 rings (SSSR count). The lowest BCUT2D eigenvalue weighted by Gasteiger charge is -2.14. The Balaban J connectivity index is -0.0000000203. The molecule has 12 heavy (non-hydrogen) atoms. The van der Waals surface area contributed by atoms with E-state index in [2.05, 4.69) is 64.1 Å². The first-order valence-electron chi connectivity index (χ1n) is 2.22. The topological polar surface area (TPSA) is 0 Å². The molecule has 8 heteroatoms. The Morgan fingerprint density at radius 3 is 0.667 bits per heavy atom. The predicted molar refractivity (Wildman–Crippen MR) is 44.8 cm³/mol. The fourth-order valence-corrected chi connectivity index (χ4v) is 0. The fourth-order valence-electron chi connectivity index (χ4n) is 0. The second-order valence-electron chi connectivity index (χ2n) is 2.68. The monoisotopic (exact) mass is 255 g/mol. The molecule has 0 amide bonds. The van der Waals surface area contributed by atoms with Crippen LogP contribution in [0.3, 0.4) is 0 Å². The summed E-state index contributed by atoms with van der Waals surface area (Å²) in [5.74, 6) is 0. The van der Waals surface area contributed by atoms with Crippen LogP contribution in [-0.4, -0.2) is 32.7 Å². The molecule has 0 saturated heterocycles. The van der Waals surface area contributed by atoms with Gasteiger partial charge in [-0.1, -0.05) is 0 Å². The largest absolute Gasteiger partial charge is 1.00 e. The Labute approximate surface area is 85.7 Å². The smallest absolute Gasteiger partial charge is 0.116 e. The number of hydrogen-bond donors (Lipinski definition) is 0. The first-order chi connectivity index (χ1) is 5.00. The van der Waals surface area contributed by atoms with Gasteiger partial charge >= 0.3 is 0 Å². The van der Waals surface area contributed by atoms with Crippen molar-refractivity contribution in [2.24, 2.45) is 0 Å². The molecule has 0 spiro atoms. The van der Waals surface area contributed by atoms with E-state index in [1.807, 2.05) is 0 Å².